The van der Waals surface area contributed by atoms with Gasteiger partial charge in [0.25, 0.3) is 0 Å². The number of hydrogen-bond donors (Lipinski definition) is 2. The second-order valence-electron chi connectivity index (χ2n) is 5.98. The Morgan fingerprint density at radius 3 is 2.04 bits per heavy atom. The van der Waals surface area contributed by atoms with Crippen molar-refractivity contribution in [3.8, 4) is 0 Å². The molecule has 2 N–H and O–H groups in total. The van der Waals surface area contributed by atoms with Gasteiger partial charge in [-0.3, -0.25) is 0 Å². The molecule has 2 aromatic rings. The summed E-state index contributed by atoms with van der Waals surface area (Å²) in [6.07, 6.45) is 2.79. The predicted octanol–water partition coefficient (Wildman–Crippen LogP) is 3.92. The number of hydrogen-bond acceptors (Lipinski definition) is 2. The molecule has 2 aromatic carbocycles. The van der Waals surface area contributed by atoms with E-state index in [1.807, 2.05) is 18.2 Å². The summed E-state index contributed by atoms with van der Waals surface area (Å²) < 4.78 is 11.9. The third-order valence-corrected chi connectivity index (χ3v) is 4.09. The van der Waals surface area contributed by atoms with E-state index in [1.165, 1.54) is 48.5 Å². The van der Waals surface area contributed by atoms with Gasteiger partial charge in [-0.1, -0.05) is 42.5 Å². The quantitative estimate of drug-likeness (QED) is 0.762. The number of fused-ring (bicyclic) bond motifs is 1. The highest BCUT2D eigenvalue weighted by Gasteiger charge is 2.18. The largest absolute Gasteiger partial charge is 0.465 e. The molecule has 25 heavy (non-hydrogen) atoms. The molecule has 0 spiro atoms. The van der Waals surface area contributed by atoms with Crippen molar-refractivity contribution in [3.63, 3.8) is 0 Å². The van der Waals surface area contributed by atoms with Crippen LogP contribution in [-0.2, 0) is 13.0 Å². The van der Waals surface area contributed by atoms with Crippen LogP contribution in [0, 0.1) is 5.82 Å². The Labute approximate surface area is 148 Å². The van der Waals surface area contributed by atoms with Crippen LogP contribution in [0.3, 0.4) is 0 Å². The maximum Gasteiger partial charge on any atom is 0.407 e. The number of nitrogens with zero attached hydrogens (tertiary/aromatic N) is 1. The zero-order valence-corrected chi connectivity index (χ0v) is 14.3. The summed E-state index contributed by atoms with van der Waals surface area (Å²) in [5.41, 5.74) is 2.41. The van der Waals surface area contributed by atoms with E-state index in [9.17, 15) is 9.18 Å². The van der Waals surface area contributed by atoms with E-state index in [1.54, 1.807) is 18.2 Å². The van der Waals surface area contributed by atoms with E-state index in [2.05, 4.69) is 11.4 Å². The molecule has 2 aliphatic rings. The molecule has 4 nitrogen and oxygen atoms in total. The Balaban J connectivity index is 0.000000156. The number of rotatable bonds is 0. The van der Waals surface area contributed by atoms with Crippen molar-refractivity contribution in [3.05, 3.63) is 71.5 Å². The van der Waals surface area contributed by atoms with Crippen molar-refractivity contribution < 1.29 is 14.3 Å². The monoisotopic (exact) mass is 344 g/mol. The summed E-state index contributed by atoms with van der Waals surface area (Å²) in [6, 6.07) is 15.9. The molecule has 134 valence electrons. The van der Waals surface area contributed by atoms with Crippen molar-refractivity contribution in [2.24, 2.45) is 0 Å². The van der Waals surface area contributed by atoms with Crippen LogP contribution >= 0.6 is 0 Å². The molecule has 5 heteroatoms. The molecular formula is C20H25FN2O2. The summed E-state index contributed by atoms with van der Waals surface area (Å²) >= 11 is 0. The zero-order chi connectivity index (χ0) is 17.9. The van der Waals surface area contributed by atoms with Gasteiger partial charge in [-0.15, -0.1) is 0 Å². The maximum absolute atomic E-state index is 11.9. The Bertz CT molecular complexity index is 638. The van der Waals surface area contributed by atoms with Gasteiger partial charge in [0, 0.05) is 13.1 Å². The molecule has 0 unspecified atom stereocenters. The first kappa shape index (κ1) is 18.9. The van der Waals surface area contributed by atoms with Crippen LogP contribution < -0.4 is 5.32 Å². The Kier molecular flexibility index (Phi) is 7.92. The normalized spacial score (nSPS) is 15.2. The standard InChI is InChI=1S/C10H11NO2.C6H5F.C4H9N/c12-10(13)11-6-5-8-3-1-2-4-9(8)7-11;7-6-4-2-1-3-5-6;1-2-4-5-3-1/h1-4H,5-7H2,(H,12,13);1-5H;5H,1-4H2. The molecule has 1 saturated heterocycles. The third-order valence-electron chi connectivity index (χ3n) is 4.09. The van der Waals surface area contributed by atoms with Crippen molar-refractivity contribution >= 4 is 6.09 Å². The molecule has 0 radical (unpaired) electrons. The lowest BCUT2D eigenvalue weighted by Crippen LogP contribution is -2.34. The van der Waals surface area contributed by atoms with Crippen LogP contribution in [0.25, 0.3) is 0 Å². The number of benzene rings is 2. The van der Waals surface area contributed by atoms with E-state index < -0.39 is 6.09 Å². The van der Waals surface area contributed by atoms with Gasteiger partial charge < -0.3 is 15.3 Å². The molecule has 0 bridgehead atoms. The summed E-state index contributed by atoms with van der Waals surface area (Å²) in [5.74, 6) is -0.178. The van der Waals surface area contributed by atoms with E-state index in [0.29, 0.717) is 13.1 Å². The summed E-state index contributed by atoms with van der Waals surface area (Å²) in [7, 11) is 0. The molecule has 2 heterocycles. The maximum atomic E-state index is 11.9. The van der Waals surface area contributed by atoms with Crippen LogP contribution in [0.1, 0.15) is 24.0 Å². The van der Waals surface area contributed by atoms with Gasteiger partial charge in [0.15, 0.2) is 0 Å². The van der Waals surface area contributed by atoms with Crippen molar-refractivity contribution in [1.82, 2.24) is 10.2 Å². The molecule has 1 amide bonds. The van der Waals surface area contributed by atoms with Gasteiger partial charge in [-0.25, -0.2) is 9.18 Å². The smallest absolute Gasteiger partial charge is 0.407 e. The summed E-state index contributed by atoms with van der Waals surface area (Å²) in [6.45, 7) is 3.65. The lowest BCUT2D eigenvalue weighted by Gasteiger charge is -2.26. The minimum atomic E-state index is -0.825. The molecule has 0 aliphatic carbocycles. The second-order valence-corrected chi connectivity index (χ2v) is 5.98. The average Bonchev–Trinajstić information content (AvgIpc) is 3.22. The summed E-state index contributed by atoms with van der Waals surface area (Å²) in [4.78, 5) is 12.1. The zero-order valence-electron chi connectivity index (χ0n) is 14.3. The van der Waals surface area contributed by atoms with Gasteiger partial charge in [-0.2, -0.15) is 0 Å². The van der Waals surface area contributed by atoms with Gasteiger partial charge in [0.1, 0.15) is 5.82 Å². The fourth-order valence-electron chi connectivity index (χ4n) is 2.70. The van der Waals surface area contributed by atoms with Gasteiger partial charge in [-0.05, 0) is 55.6 Å². The predicted molar refractivity (Wildman–Crippen MR) is 97.1 cm³/mol. The van der Waals surface area contributed by atoms with E-state index >= 15 is 0 Å². The molecule has 0 aromatic heterocycles. The van der Waals surface area contributed by atoms with Crippen molar-refractivity contribution in [1.29, 1.82) is 0 Å². The van der Waals surface area contributed by atoms with Gasteiger partial charge in [0.2, 0.25) is 0 Å². The van der Waals surface area contributed by atoms with Crippen molar-refractivity contribution in [2.45, 2.75) is 25.8 Å². The van der Waals surface area contributed by atoms with Crippen LogP contribution in [0.2, 0.25) is 0 Å². The minimum Gasteiger partial charge on any atom is -0.465 e. The lowest BCUT2D eigenvalue weighted by molar-refractivity contribution is 0.140. The topological polar surface area (TPSA) is 52.6 Å². The Morgan fingerprint density at radius 1 is 0.960 bits per heavy atom. The first-order chi connectivity index (χ1) is 12.2. The third kappa shape index (κ3) is 6.93. The highest BCUT2D eigenvalue weighted by molar-refractivity contribution is 5.65. The van der Waals surface area contributed by atoms with E-state index in [0.717, 1.165) is 12.0 Å². The fourth-order valence-corrected chi connectivity index (χ4v) is 2.70. The van der Waals surface area contributed by atoms with Crippen LogP contribution in [-0.4, -0.2) is 35.7 Å². The average molecular weight is 344 g/mol. The molecular weight excluding hydrogens is 319 g/mol. The van der Waals surface area contributed by atoms with Gasteiger partial charge in [0.05, 0.1) is 0 Å². The minimum absolute atomic E-state index is 0.178. The first-order valence-corrected chi connectivity index (χ1v) is 8.63. The van der Waals surface area contributed by atoms with Crippen molar-refractivity contribution in [2.75, 3.05) is 19.6 Å². The van der Waals surface area contributed by atoms with E-state index in [-0.39, 0.29) is 5.82 Å². The highest BCUT2D eigenvalue weighted by Crippen LogP contribution is 2.17. The van der Waals surface area contributed by atoms with E-state index in [4.69, 9.17) is 5.11 Å². The molecule has 0 atom stereocenters. The molecule has 4 rings (SSSR count). The van der Waals surface area contributed by atoms with Crippen LogP contribution in [0.15, 0.2) is 54.6 Å². The highest BCUT2D eigenvalue weighted by atomic mass is 19.1. The molecule has 1 fully saturated rings. The molecule has 2 aliphatic heterocycles. The number of carboxylic acid groups (broad SMARTS) is 1. The molecule has 0 saturated carbocycles. The SMILES string of the molecule is C1CCNC1.Fc1ccccc1.O=C(O)N1CCc2ccccc2C1. The first-order valence-electron chi connectivity index (χ1n) is 8.63. The Morgan fingerprint density at radius 2 is 1.56 bits per heavy atom. The lowest BCUT2D eigenvalue weighted by atomic mass is 10.0. The second kappa shape index (κ2) is 10.5. The van der Waals surface area contributed by atoms with Crippen LogP contribution in [0.4, 0.5) is 9.18 Å². The number of nitrogens with one attached hydrogen (secondary N) is 1. The number of amides is 1. The number of halogens is 1. The number of carbonyl (C=O) groups is 1. The van der Waals surface area contributed by atoms with Gasteiger partial charge >= 0.3 is 6.09 Å². The van der Waals surface area contributed by atoms with Crippen LogP contribution in [0.5, 0.6) is 0 Å². The Hall–Kier alpha value is -2.40. The fraction of sp³-hybridized carbons (Fsp3) is 0.350. The summed E-state index contributed by atoms with van der Waals surface area (Å²) in [5, 5.41) is 12.0.